The second kappa shape index (κ2) is 7.26. The monoisotopic (exact) mass is 381 g/mol. The Morgan fingerprint density at radius 2 is 1.73 bits per heavy atom. The third kappa shape index (κ3) is 4.90. The lowest BCUT2D eigenvalue weighted by Crippen LogP contribution is -2.31. The van der Waals surface area contributed by atoms with Gasteiger partial charge in [-0.3, -0.25) is 4.90 Å². The maximum absolute atomic E-state index is 12.8. The maximum atomic E-state index is 12.8. The number of benzene rings is 1. The molecule has 0 fully saturated rings. The number of hydrogen-bond acceptors (Lipinski definition) is 4. The van der Waals surface area contributed by atoms with Crippen LogP contribution in [0.2, 0.25) is 0 Å². The minimum absolute atomic E-state index is 0.00185. The fraction of sp³-hybridized carbons (Fsp3) is 0.333. The Morgan fingerprint density at radius 1 is 1.15 bits per heavy atom. The van der Waals surface area contributed by atoms with E-state index in [9.17, 15) is 31.1 Å². The molecule has 0 saturated carbocycles. The number of nitrogens with one attached hydrogen (secondary N) is 1. The molecule has 5 nitrogen and oxygen atoms in total. The van der Waals surface area contributed by atoms with Crippen molar-refractivity contribution in [3.63, 3.8) is 0 Å². The highest BCUT2D eigenvalue weighted by Crippen LogP contribution is 2.37. The molecule has 1 amide bonds. The van der Waals surface area contributed by atoms with Gasteiger partial charge in [0.25, 0.3) is 0 Å². The van der Waals surface area contributed by atoms with Crippen molar-refractivity contribution in [2.24, 2.45) is 4.99 Å². The molecule has 0 aromatic heterocycles. The van der Waals surface area contributed by atoms with E-state index in [2.05, 4.69) is 10.3 Å². The first-order valence-corrected chi connectivity index (χ1v) is 7.23. The highest BCUT2D eigenvalue weighted by Gasteiger charge is 2.37. The molecule has 1 aliphatic heterocycles. The van der Waals surface area contributed by atoms with Crippen LogP contribution in [0.3, 0.4) is 0 Å². The lowest BCUT2D eigenvalue weighted by Gasteiger charge is -2.20. The number of amides is 1. The quantitative estimate of drug-likeness (QED) is 0.769. The summed E-state index contributed by atoms with van der Waals surface area (Å²) in [6, 6.07) is 1.12. The molecule has 0 unspecified atom stereocenters. The molecule has 0 bridgehead atoms. The van der Waals surface area contributed by atoms with Crippen LogP contribution in [0.5, 0.6) is 0 Å². The molecule has 26 heavy (non-hydrogen) atoms. The second-order valence-corrected chi connectivity index (χ2v) is 5.09. The van der Waals surface area contributed by atoms with Crippen molar-refractivity contribution in [1.29, 1.82) is 0 Å². The minimum Gasteiger partial charge on any atom is -0.449 e. The molecule has 0 spiro atoms. The third-order valence-corrected chi connectivity index (χ3v) is 3.17. The highest BCUT2D eigenvalue weighted by molar-refractivity contribution is 6.04. The van der Waals surface area contributed by atoms with Crippen molar-refractivity contribution >= 4 is 17.6 Å². The molecule has 0 saturated heterocycles. The standard InChI is InChI=1S/C15H13F6N3O2/c1-2-26-13(25)24-4-3-12(22-8-24)23-11-6-9(14(16,17)18)5-10(7-11)15(19,20)21/h3-7H,2,8H2,1H3,(H,22,23). The van der Waals surface area contributed by atoms with Crippen molar-refractivity contribution in [1.82, 2.24) is 4.90 Å². The summed E-state index contributed by atoms with van der Waals surface area (Å²) in [4.78, 5) is 16.4. The van der Waals surface area contributed by atoms with Gasteiger partial charge in [0.15, 0.2) is 0 Å². The lowest BCUT2D eigenvalue weighted by atomic mass is 10.1. The van der Waals surface area contributed by atoms with Gasteiger partial charge < -0.3 is 10.1 Å². The van der Waals surface area contributed by atoms with Crippen LogP contribution in [0.25, 0.3) is 0 Å². The van der Waals surface area contributed by atoms with Crippen LogP contribution in [0, 0.1) is 0 Å². The van der Waals surface area contributed by atoms with E-state index < -0.39 is 35.3 Å². The van der Waals surface area contributed by atoms with Crippen molar-refractivity contribution in [3.8, 4) is 0 Å². The van der Waals surface area contributed by atoms with Gasteiger partial charge in [-0.2, -0.15) is 26.3 Å². The van der Waals surface area contributed by atoms with Crippen LogP contribution in [-0.2, 0) is 17.1 Å². The zero-order valence-corrected chi connectivity index (χ0v) is 13.3. The van der Waals surface area contributed by atoms with Crippen molar-refractivity contribution in [3.05, 3.63) is 41.6 Å². The topological polar surface area (TPSA) is 53.9 Å². The highest BCUT2D eigenvalue weighted by atomic mass is 19.4. The summed E-state index contributed by atoms with van der Waals surface area (Å²) in [5, 5.41) is 2.38. The fourth-order valence-corrected chi connectivity index (χ4v) is 1.99. The predicted molar refractivity (Wildman–Crippen MR) is 80.4 cm³/mol. The summed E-state index contributed by atoms with van der Waals surface area (Å²) in [5.41, 5.74) is -3.31. The van der Waals surface area contributed by atoms with E-state index in [1.807, 2.05) is 0 Å². The molecule has 142 valence electrons. The van der Waals surface area contributed by atoms with Crippen molar-refractivity contribution in [2.45, 2.75) is 19.3 Å². The van der Waals surface area contributed by atoms with Gasteiger partial charge in [0.2, 0.25) is 0 Å². The van der Waals surface area contributed by atoms with E-state index in [1.165, 1.54) is 12.3 Å². The number of aliphatic imine (C=N–C) groups is 1. The van der Waals surface area contributed by atoms with E-state index in [4.69, 9.17) is 4.74 Å². The molecule has 1 aromatic rings. The van der Waals surface area contributed by atoms with E-state index in [-0.39, 0.29) is 25.2 Å². The molecule has 0 aliphatic carbocycles. The second-order valence-electron chi connectivity index (χ2n) is 5.09. The number of amidine groups is 1. The lowest BCUT2D eigenvalue weighted by molar-refractivity contribution is -0.143. The number of halogens is 6. The van der Waals surface area contributed by atoms with Gasteiger partial charge in [-0.05, 0) is 31.2 Å². The molecule has 0 atom stereocenters. The number of alkyl halides is 6. The van der Waals surface area contributed by atoms with Crippen molar-refractivity contribution < 1.29 is 35.9 Å². The molecule has 1 N–H and O–H groups in total. The Kier molecular flexibility index (Phi) is 5.47. The van der Waals surface area contributed by atoms with Gasteiger partial charge in [0, 0.05) is 11.9 Å². The van der Waals surface area contributed by atoms with Gasteiger partial charge in [0.05, 0.1) is 17.7 Å². The minimum atomic E-state index is -4.94. The van der Waals surface area contributed by atoms with Crippen LogP contribution in [0.1, 0.15) is 18.1 Å². The van der Waals surface area contributed by atoms with E-state index in [1.54, 1.807) is 6.92 Å². The zero-order valence-electron chi connectivity index (χ0n) is 13.3. The Balaban J connectivity index is 2.22. The summed E-state index contributed by atoms with van der Waals surface area (Å²) >= 11 is 0. The van der Waals surface area contributed by atoms with Gasteiger partial charge in [-0.15, -0.1) is 0 Å². The Morgan fingerprint density at radius 3 is 2.15 bits per heavy atom. The first-order valence-electron chi connectivity index (χ1n) is 7.23. The van der Waals surface area contributed by atoms with Crippen molar-refractivity contribution in [2.75, 3.05) is 18.6 Å². The number of carbonyl (C=O) groups excluding carboxylic acids is 1. The summed E-state index contributed by atoms with van der Waals surface area (Å²) in [7, 11) is 0. The Hall–Kier alpha value is -2.72. The first-order chi connectivity index (χ1) is 12.0. The van der Waals surface area contributed by atoms with Gasteiger partial charge in [-0.1, -0.05) is 0 Å². The molecule has 1 aromatic carbocycles. The molecular weight excluding hydrogens is 368 g/mol. The summed E-state index contributed by atoms with van der Waals surface area (Å²) in [6.45, 7) is 1.55. The number of carbonyl (C=O) groups is 1. The molecule has 2 rings (SSSR count). The smallest absolute Gasteiger partial charge is 0.416 e. The van der Waals surface area contributed by atoms with Crippen LogP contribution >= 0.6 is 0 Å². The number of ether oxygens (including phenoxy) is 1. The van der Waals surface area contributed by atoms with E-state index in [0.717, 1.165) is 4.90 Å². The molecule has 1 heterocycles. The molecular formula is C15H13F6N3O2. The normalized spacial score (nSPS) is 14.9. The van der Waals surface area contributed by atoms with E-state index >= 15 is 0 Å². The Bertz CT molecular complexity index is 708. The predicted octanol–water partition coefficient (Wildman–Crippen LogP) is 4.48. The number of anilines is 1. The fourth-order valence-electron chi connectivity index (χ4n) is 1.99. The molecule has 1 aliphatic rings. The number of hydrogen-bond donors (Lipinski definition) is 1. The number of rotatable bonds is 2. The van der Waals surface area contributed by atoms with Gasteiger partial charge in [0.1, 0.15) is 12.5 Å². The summed E-state index contributed by atoms with van der Waals surface area (Å²) in [5.74, 6) is -0.00185. The largest absolute Gasteiger partial charge is 0.449 e. The zero-order chi connectivity index (χ0) is 19.5. The molecule has 11 heteroatoms. The van der Waals surface area contributed by atoms with Crippen LogP contribution in [-0.4, -0.2) is 30.1 Å². The SMILES string of the molecule is CCOC(=O)N1C=CC(Nc2cc(C(F)(F)F)cc(C(F)(F)F)c2)=NC1. The Labute approximate surface area is 143 Å². The maximum Gasteiger partial charge on any atom is 0.416 e. The average molecular weight is 381 g/mol. The third-order valence-electron chi connectivity index (χ3n) is 3.17. The van der Waals surface area contributed by atoms with Crippen LogP contribution < -0.4 is 5.32 Å². The van der Waals surface area contributed by atoms with E-state index in [0.29, 0.717) is 12.1 Å². The molecule has 0 radical (unpaired) electrons. The van der Waals surface area contributed by atoms with Crippen LogP contribution in [0.4, 0.5) is 36.8 Å². The van der Waals surface area contributed by atoms with Gasteiger partial charge in [-0.25, -0.2) is 9.79 Å². The number of nitrogens with zero attached hydrogens (tertiary/aromatic N) is 2. The summed E-state index contributed by atoms with van der Waals surface area (Å²) < 4.78 is 81.7. The summed E-state index contributed by atoms with van der Waals surface area (Å²) in [6.07, 6.45) is -8.07. The van der Waals surface area contributed by atoms with Gasteiger partial charge >= 0.3 is 18.4 Å². The first kappa shape index (κ1) is 19.6. The average Bonchev–Trinajstić information content (AvgIpc) is 2.54. The van der Waals surface area contributed by atoms with Crippen LogP contribution in [0.15, 0.2) is 35.5 Å².